The number of hydrogen-bond acceptors (Lipinski definition) is 8. The first-order chi connectivity index (χ1) is 41.3. The van der Waals surface area contributed by atoms with Crippen molar-refractivity contribution in [2.75, 3.05) is 26.4 Å². The highest BCUT2D eigenvalue weighted by Gasteiger charge is 2.26. The number of esters is 2. The summed E-state index contributed by atoms with van der Waals surface area (Å²) in [6.07, 6.45) is 90.5. The lowest BCUT2D eigenvalue weighted by Gasteiger charge is -2.19. The van der Waals surface area contributed by atoms with E-state index in [2.05, 4.69) is 74.6 Å². The van der Waals surface area contributed by atoms with Crippen LogP contribution in [-0.2, 0) is 32.7 Å². The Morgan fingerprint density at radius 1 is 0.369 bits per heavy atom. The molecule has 0 bridgehead atoms. The number of allylic oxidation sites excluding steroid dienone is 10. The molecule has 0 rings (SSSR count). The van der Waals surface area contributed by atoms with Crippen LogP contribution in [0.1, 0.15) is 367 Å². The first-order valence-electron chi connectivity index (χ1n) is 36.3. The van der Waals surface area contributed by atoms with Crippen LogP contribution in [0.25, 0.3) is 0 Å². The Bertz CT molecular complexity index is 1560. The molecule has 492 valence electrons. The van der Waals surface area contributed by atoms with Crippen LogP contribution < -0.4 is 5.73 Å². The maximum absolute atomic E-state index is 12.8. The SMILES string of the molecule is CC/C=C\C/C=C\C/C=C\C/C=C\C/C=C\CCCCCCCCCCCCCCCC(=O)OC(COC(=O)CCCCCCCCCCCCCCCCCCCCCCCCCCCCCCCCCCCC)COP(=O)(O)OCCN. The molecule has 0 aliphatic carbocycles. The van der Waals surface area contributed by atoms with E-state index >= 15 is 0 Å². The Hall–Kier alpha value is -2.29. The van der Waals surface area contributed by atoms with Crippen molar-refractivity contribution in [1.29, 1.82) is 0 Å². The Balaban J connectivity index is 3.81. The second-order valence-corrected chi connectivity index (χ2v) is 25.9. The van der Waals surface area contributed by atoms with E-state index < -0.39 is 26.5 Å². The molecule has 0 radical (unpaired) electrons. The minimum atomic E-state index is -4.39. The zero-order chi connectivity index (χ0) is 60.9. The van der Waals surface area contributed by atoms with Gasteiger partial charge in [-0.25, -0.2) is 4.57 Å². The minimum Gasteiger partial charge on any atom is -0.462 e. The molecule has 2 atom stereocenters. The molecule has 0 amide bonds. The summed E-state index contributed by atoms with van der Waals surface area (Å²) in [5.41, 5.74) is 5.41. The van der Waals surface area contributed by atoms with Crippen molar-refractivity contribution in [3.05, 3.63) is 60.8 Å². The summed E-state index contributed by atoms with van der Waals surface area (Å²) >= 11 is 0. The maximum Gasteiger partial charge on any atom is 0.472 e. The van der Waals surface area contributed by atoms with Crippen LogP contribution in [0.4, 0.5) is 0 Å². The molecule has 0 aromatic rings. The molecule has 0 fully saturated rings. The Morgan fingerprint density at radius 2 is 0.655 bits per heavy atom. The average molecular weight is 1200 g/mol. The fourth-order valence-electron chi connectivity index (χ4n) is 10.8. The van der Waals surface area contributed by atoms with Gasteiger partial charge in [-0.2, -0.15) is 0 Å². The molecule has 0 spiro atoms. The summed E-state index contributed by atoms with van der Waals surface area (Å²) in [7, 11) is -4.39. The highest BCUT2D eigenvalue weighted by molar-refractivity contribution is 7.47. The van der Waals surface area contributed by atoms with Crippen molar-refractivity contribution < 1.29 is 37.6 Å². The number of rotatable bonds is 69. The van der Waals surface area contributed by atoms with Gasteiger partial charge in [0.25, 0.3) is 0 Å². The number of carbonyl (C=O) groups is 2. The number of hydrogen-bond donors (Lipinski definition) is 2. The van der Waals surface area contributed by atoms with E-state index in [4.69, 9.17) is 24.3 Å². The van der Waals surface area contributed by atoms with Crippen molar-refractivity contribution in [1.82, 2.24) is 0 Å². The molecular weight excluding hydrogens is 1060 g/mol. The Morgan fingerprint density at radius 3 is 0.976 bits per heavy atom. The summed E-state index contributed by atoms with van der Waals surface area (Å²) in [4.78, 5) is 35.4. The molecule has 84 heavy (non-hydrogen) atoms. The average Bonchev–Trinajstić information content (AvgIpc) is 3.58. The standard InChI is InChI=1S/C74H138NO8P/c1-3-5-7-9-11-13-15-17-19-21-23-25-27-29-31-33-34-35-36-37-39-40-42-44-46-48-50-52-54-56-58-60-62-64-66-73(76)80-70-72(71-82-84(78,79)81-69-68-75)83-74(77)67-65-63-61-59-57-55-53-51-49-47-45-43-41-38-32-30-28-26-24-22-20-18-16-14-12-10-8-6-4-2/h6,8,12,14,18,20,24,26,30,32,72H,3-5,7,9-11,13,15-17,19,21-23,25,27-29,31,33-71,75H2,1-2H3,(H,78,79)/b8-6-,14-12-,20-18-,26-24-,32-30-. The van der Waals surface area contributed by atoms with Crippen LogP contribution in [0.3, 0.4) is 0 Å². The van der Waals surface area contributed by atoms with Crippen molar-refractivity contribution in [2.45, 2.75) is 373 Å². The molecule has 10 heteroatoms. The second kappa shape index (κ2) is 69.8. The van der Waals surface area contributed by atoms with E-state index in [0.717, 1.165) is 70.6 Å². The van der Waals surface area contributed by atoms with Gasteiger partial charge in [0.05, 0.1) is 13.2 Å². The smallest absolute Gasteiger partial charge is 0.462 e. The molecular formula is C74H138NO8P. The number of ether oxygens (including phenoxy) is 2. The predicted molar refractivity (Wildman–Crippen MR) is 363 cm³/mol. The van der Waals surface area contributed by atoms with Crippen LogP contribution in [0.2, 0.25) is 0 Å². The molecule has 3 N–H and O–H groups in total. The van der Waals surface area contributed by atoms with Gasteiger partial charge >= 0.3 is 19.8 Å². The second-order valence-electron chi connectivity index (χ2n) is 24.4. The molecule has 0 aromatic carbocycles. The molecule has 0 aromatic heterocycles. The van der Waals surface area contributed by atoms with Crippen LogP contribution in [0, 0.1) is 0 Å². The molecule has 0 saturated carbocycles. The monoisotopic (exact) mass is 1200 g/mol. The van der Waals surface area contributed by atoms with E-state index in [1.807, 2.05) is 0 Å². The summed E-state index contributed by atoms with van der Waals surface area (Å²) in [5.74, 6) is -0.812. The van der Waals surface area contributed by atoms with Crippen LogP contribution in [0.5, 0.6) is 0 Å². The van der Waals surface area contributed by atoms with Crippen molar-refractivity contribution >= 4 is 19.8 Å². The highest BCUT2D eigenvalue weighted by Crippen LogP contribution is 2.43. The lowest BCUT2D eigenvalue weighted by atomic mass is 10.0. The van der Waals surface area contributed by atoms with Crippen molar-refractivity contribution in [3.8, 4) is 0 Å². The fraction of sp³-hybridized carbons (Fsp3) is 0.838. The predicted octanol–water partition coefficient (Wildman–Crippen LogP) is 23.8. The molecule has 0 aliphatic rings. The van der Waals surface area contributed by atoms with Gasteiger partial charge < -0.3 is 20.1 Å². The number of nitrogens with two attached hydrogens (primary N) is 1. The van der Waals surface area contributed by atoms with Gasteiger partial charge in [-0.15, -0.1) is 0 Å². The van der Waals surface area contributed by atoms with Gasteiger partial charge in [-0.05, 0) is 57.8 Å². The first kappa shape index (κ1) is 81.7. The van der Waals surface area contributed by atoms with Gasteiger partial charge in [0.15, 0.2) is 6.10 Å². The summed E-state index contributed by atoms with van der Waals surface area (Å²) < 4.78 is 33.2. The fourth-order valence-corrected chi connectivity index (χ4v) is 11.6. The van der Waals surface area contributed by atoms with Gasteiger partial charge in [-0.3, -0.25) is 18.6 Å². The number of phosphoric acid groups is 1. The first-order valence-corrected chi connectivity index (χ1v) is 37.8. The Kier molecular flexibility index (Phi) is 67.9. The van der Waals surface area contributed by atoms with Crippen LogP contribution in [0.15, 0.2) is 60.8 Å². The van der Waals surface area contributed by atoms with E-state index in [1.54, 1.807) is 0 Å². The van der Waals surface area contributed by atoms with E-state index in [0.29, 0.717) is 6.42 Å². The number of unbranched alkanes of at least 4 members (excludes halogenated alkanes) is 46. The molecule has 9 nitrogen and oxygen atoms in total. The lowest BCUT2D eigenvalue weighted by molar-refractivity contribution is -0.161. The number of carbonyl (C=O) groups excluding carboxylic acids is 2. The van der Waals surface area contributed by atoms with E-state index in [9.17, 15) is 19.0 Å². The lowest BCUT2D eigenvalue weighted by Crippen LogP contribution is -2.29. The van der Waals surface area contributed by atoms with E-state index in [-0.39, 0.29) is 38.6 Å². The molecule has 0 saturated heterocycles. The topological polar surface area (TPSA) is 134 Å². The Labute approximate surface area is 520 Å². The molecule has 0 aliphatic heterocycles. The normalized spacial score (nSPS) is 13.2. The van der Waals surface area contributed by atoms with Crippen LogP contribution >= 0.6 is 7.82 Å². The quantitative estimate of drug-likeness (QED) is 0.0264. The zero-order valence-corrected chi connectivity index (χ0v) is 56.3. The van der Waals surface area contributed by atoms with Crippen LogP contribution in [-0.4, -0.2) is 49.3 Å². The third-order valence-electron chi connectivity index (χ3n) is 16.2. The van der Waals surface area contributed by atoms with Gasteiger partial charge in [0.2, 0.25) is 0 Å². The van der Waals surface area contributed by atoms with Gasteiger partial charge in [0, 0.05) is 19.4 Å². The number of phosphoric ester groups is 1. The summed E-state index contributed by atoms with van der Waals surface area (Å²) in [5, 5.41) is 0. The van der Waals surface area contributed by atoms with Crippen molar-refractivity contribution in [3.63, 3.8) is 0 Å². The minimum absolute atomic E-state index is 0.0536. The highest BCUT2D eigenvalue weighted by atomic mass is 31.2. The van der Waals surface area contributed by atoms with Gasteiger partial charge in [0.1, 0.15) is 6.61 Å². The van der Waals surface area contributed by atoms with Gasteiger partial charge in [-0.1, -0.05) is 357 Å². The molecule has 2 unspecified atom stereocenters. The van der Waals surface area contributed by atoms with Crippen molar-refractivity contribution in [2.24, 2.45) is 5.73 Å². The zero-order valence-electron chi connectivity index (χ0n) is 55.4. The summed E-state index contributed by atoms with van der Waals surface area (Å²) in [6.45, 7) is 3.69. The third-order valence-corrected chi connectivity index (χ3v) is 17.2. The molecule has 0 heterocycles. The van der Waals surface area contributed by atoms with E-state index in [1.165, 1.54) is 263 Å². The third kappa shape index (κ3) is 68.8. The summed E-state index contributed by atoms with van der Waals surface area (Å²) in [6, 6.07) is 0. The largest absolute Gasteiger partial charge is 0.472 e. The maximum atomic E-state index is 12.8.